The first-order valence-electron chi connectivity index (χ1n) is 6.35. The van der Waals surface area contributed by atoms with Crippen molar-refractivity contribution >= 4 is 0 Å². The van der Waals surface area contributed by atoms with Crippen molar-refractivity contribution in [2.45, 2.75) is 39.8 Å². The van der Waals surface area contributed by atoms with Gasteiger partial charge in [-0.3, -0.25) is 0 Å². The summed E-state index contributed by atoms with van der Waals surface area (Å²) in [6.07, 6.45) is 3.01. The lowest BCUT2D eigenvalue weighted by molar-refractivity contribution is 0.242. The van der Waals surface area contributed by atoms with Crippen LogP contribution >= 0.6 is 0 Å². The Kier molecular flexibility index (Phi) is 3.97. The second kappa shape index (κ2) is 5.67. The summed E-state index contributed by atoms with van der Waals surface area (Å²) in [5, 5.41) is 8.16. The van der Waals surface area contributed by atoms with Crippen molar-refractivity contribution in [3.63, 3.8) is 0 Å². The molecule has 96 valence electrons. The van der Waals surface area contributed by atoms with Gasteiger partial charge in [0.1, 0.15) is 12.1 Å². The van der Waals surface area contributed by atoms with Gasteiger partial charge in [0, 0.05) is 12.1 Å². The van der Waals surface area contributed by atoms with Crippen LogP contribution in [0, 0.1) is 0 Å². The van der Waals surface area contributed by atoms with Gasteiger partial charge in [-0.25, -0.2) is 0 Å². The molecule has 4 nitrogen and oxygen atoms in total. The van der Waals surface area contributed by atoms with Crippen molar-refractivity contribution in [3.8, 4) is 17.1 Å². The van der Waals surface area contributed by atoms with Gasteiger partial charge in [-0.1, -0.05) is 19.1 Å². The Morgan fingerprint density at radius 3 is 2.89 bits per heavy atom. The van der Waals surface area contributed by atoms with E-state index in [0.717, 1.165) is 30.1 Å². The van der Waals surface area contributed by atoms with E-state index >= 15 is 0 Å². The van der Waals surface area contributed by atoms with Crippen LogP contribution in [0.4, 0.5) is 0 Å². The molecule has 0 radical (unpaired) electrons. The Balaban J connectivity index is 2.29. The average molecular weight is 245 g/mol. The Morgan fingerprint density at radius 1 is 1.33 bits per heavy atom. The number of aryl methyl sites for hydroxylation is 1. The first-order valence-corrected chi connectivity index (χ1v) is 6.35. The van der Waals surface area contributed by atoms with Gasteiger partial charge in [0.25, 0.3) is 0 Å². The van der Waals surface area contributed by atoms with Crippen molar-refractivity contribution < 1.29 is 4.74 Å². The van der Waals surface area contributed by atoms with Gasteiger partial charge in [-0.05, 0) is 32.4 Å². The third-order valence-corrected chi connectivity index (χ3v) is 2.54. The summed E-state index contributed by atoms with van der Waals surface area (Å²) in [5.41, 5.74) is 1.04. The highest BCUT2D eigenvalue weighted by atomic mass is 16.5. The molecule has 0 aliphatic heterocycles. The minimum absolute atomic E-state index is 0.175. The molecule has 0 unspecified atom stereocenters. The number of hydrogen-bond acceptors (Lipinski definition) is 3. The maximum atomic E-state index is 5.70. The Labute approximate surface area is 108 Å². The number of hydrogen-bond donors (Lipinski definition) is 0. The first-order chi connectivity index (χ1) is 8.70. The Hall–Kier alpha value is -1.84. The lowest BCUT2D eigenvalue weighted by Crippen LogP contribution is -2.05. The second-order valence-corrected chi connectivity index (χ2v) is 4.54. The fourth-order valence-corrected chi connectivity index (χ4v) is 1.86. The van der Waals surface area contributed by atoms with Gasteiger partial charge in [0.2, 0.25) is 0 Å². The van der Waals surface area contributed by atoms with Gasteiger partial charge in [0.15, 0.2) is 5.82 Å². The molecule has 0 N–H and O–H groups in total. The van der Waals surface area contributed by atoms with Crippen LogP contribution in [0.15, 0.2) is 30.6 Å². The summed E-state index contributed by atoms with van der Waals surface area (Å²) in [7, 11) is 0. The molecule has 2 rings (SSSR count). The highest BCUT2D eigenvalue weighted by Gasteiger charge is 2.08. The SMILES string of the molecule is CCCn1cnnc1-c1cccc(OC(C)C)c1. The molecule has 0 fully saturated rings. The fraction of sp³-hybridized carbons (Fsp3) is 0.429. The van der Waals surface area contributed by atoms with Crippen molar-refractivity contribution in [2.75, 3.05) is 0 Å². The van der Waals surface area contributed by atoms with E-state index in [1.165, 1.54) is 0 Å². The summed E-state index contributed by atoms with van der Waals surface area (Å²) < 4.78 is 7.76. The maximum absolute atomic E-state index is 5.70. The van der Waals surface area contributed by atoms with E-state index in [-0.39, 0.29) is 6.10 Å². The molecular weight excluding hydrogens is 226 g/mol. The van der Waals surface area contributed by atoms with Crippen LogP contribution in [0.3, 0.4) is 0 Å². The predicted molar refractivity (Wildman–Crippen MR) is 71.5 cm³/mol. The number of benzene rings is 1. The van der Waals surface area contributed by atoms with Gasteiger partial charge in [-0.2, -0.15) is 0 Å². The van der Waals surface area contributed by atoms with E-state index < -0.39 is 0 Å². The van der Waals surface area contributed by atoms with Crippen LogP contribution in [-0.4, -0.2) is 20.9 Å². The lowest BCUT2D eigenvalue weighted by Gasteiger charge is -2.11. The molecule has 1 heterocycles. The van der Waals surface area contributed by atoms with Crippen LogP contribution in [0.2, 0.25) is 0 Å². The average Bonchev–Trinajstić information content (AvgIpc) is 2.77. The number of rotatable bonds is 5. The van der Waals surface area contributed by atoms with Crippen LogP contribution in [0.25, 0.3) is 11.4 Å². The molecule has 0 atom stereocenters. The van der Waals surface area contributed by atoms with E-state index in [4.69, 9.17) is 4.74 Å². The Bertz CT molecular complexity index is 505. The van der Waals surface area contributed by atoms with Crippen LogP contribution in [0.1, 0.15) is 27.2 Å². The third kappa shape index (κ3) is 2.88. The summed E-state index contributed by atoms with van der Waals surface area (Å²) in [5.74, 6) is 1.76. The smallest absolute Gasteiger partial charge is 0.163 e. The zero-order chi connectivity index (χ0) is 13.0. The molecule has 0 saturated carbocycles. The number of ether oxygens (including phenoxy) is 1. The monoisotopic (exact) mass is 245 g/mol. The standard InChI is InChI=1S/C14H19N3O/c1-4-8-17-10-15-16-14(17)12-6-5-7-13(9-12)18-11(2)3/h5-7,9-11H,4,8H2,1-3H3. The van der Waals surface area contributed by atoms with Crippen LogP contribution in [0.5, 0.6) is 5.75 Å². The van der Waals surface area contributed by atoms with Crippen molar-refractivity contribution in [1.29, 1.82) is 0 Å². The summed E-state index contributed by atoms with van der Waals surface area (Å²) in [6, 6.07) is 7.99. The molecule has 0 aliphatic carbocycles. The summed E-state index contributed by atoms with van der Waals surface area (Å²) >= 11 is 0. The first kappa shape index (κ1) is 12.6. The fourth-order valence-electron chi connectivity index (χ4n) is 1.86. The van der Waals surface area contributed by atoms with E-state index in [1.807, 2.05) is 38.1 Å². The molecule has 0 aliphatic rings. The molecule has 0 spiro atoms. The highest BCUT2D eigenvalue weighted by molar-refractivity contribution is 5.57. The molecular formula is C14H19N3O. The molecule has 0 amide bonds. The van der Waals surface area contributed by atoms with E-state index in [1.54, 1.807) is 6.33 Å². The molecule has 1 aromatic carbocycles. The topological polar surface area (TPSA) is 39.9 Å². The minimum atomic E-state index is 0.175. The second-order valence-electron chi connectivity index (χ2n) is 4.54. The van der Waals surface area contributed by atoms with Gasteiger partial charge in [-0.15, -0.1) is 10.2 Å². The van der Waals surface area contributed by atoms with Crippen molar-refractivity contribution in [3.05, 3.63) is 30.6 Å². The van der Waals surface area contributed by atoms with Crippen LogP contribution < -0.4 is 4.74 Å². The summed E-state index contributed by atoms with van der Waals surface area (Å²) in [6.45, 7) is 7.11. The third-order valence-electron chi connectivity index (χ3n) is 2.54. The van der Waals surface area contributed by atoms with E-state index in [9.17, 15) is 0 Å². The van der Waals surface area contributed by atoms with Gasteiger partial charge >= 0.3 is 0 Å². The number of aromatic nitrogens is 3. The zero-order valence-corrected chi connectivity index (χ0v) is 11.1. The zero-order valence-electron chi connectivity index (χ0n) is 11.1. The normalized spacial score (nSPS) is 10.9. The maximum Gasteiger partial charge on any atom is 0.163 e. The van der Waals surface area contributed by atoms with E-state index in [2.05, 4.69) is 21.7 Å². The van der Waals surface area contributed by atoms with Gasteiger partial charge in [0.05, 0.1) is 6.10 Å². The van der Waals surface area contributed by atoms with Gasteiger partial charge < -0.3 is 9.30 Å². The summed E-state index contributed by atoms with van der Waals surface area (Å²) in [4.78, 5) is 0. The Morgan fingerprint density at radius 2 is 2.17 bits per heavy atom. The van der Waals surface area contributed by atoms with Crippen LogP contribution in [-0.2, 0) is 6.54 Å². The van der Waals surface area contributed by atoms with E-state index in [0.29, 0.717) is 0 Å². The van der Waals surface area contributed by atoms with Crippen molar-refractivity contribution in [1.82, 2.24) is 14.8 Å². The minimum Gasteiger partial charge on any atom is -0.491 e. The molecule has 4 heteroatoms. The quantitative estimate of drug-likeness (QED) is 0.812. The molecule has 1 aromatic heterocycles. The predicted octanol–water partition coefficient (Wildman–Crippen LogP) is 3.14. The largest absolute Gasteiger partial charge is 0.491 e. The molecule has 0 saturated heterocycles. The van der Waals surface area contributed by atoms with Crippen molar-refractivity contribution in [2.24, 2.45) is 0 Å². The highest BCUT2D eigenvalue weighted by Crippen LogP contribution is 2.22. The molecule has 2 aromatic rings. The molecule has 0 bridgehead atoms. The lowest BCUT2D eigenvalue weighted by atomic mass is 10.2. The number of nitrogens with zero attached hydrogens (tertiary/aromatic N) is 3. The molecule has 18 heavy (non-hydrogen) atoms.